The molecular formula is C21H30O5S. The van der Waals surface area contributed by atoms with E-state index in [1.165, 1.54) is 7.11 Å². The summed E-state index contributed by atoms with van der Waals surface area (Å²) in [6.45, 7) is 6.11. The Morgan fingerprint density at radius 1 is 1.26 bits per heavy atom. The molecule has 0 aliphatic heterocycles. The SMILES string of the molecule is COc1cc(SC)ccc1C(=O)OCC(=O)O[C@@H]1C[C@@H](C)CC[C@H]1C(C)C. The van der Waals surface area contributed by atoms with Crippen molar-refractivity contribution in [2.24, 2.45) is 17.8 Å². The molecule has 0 N–H and O–H groups in total. The van der Waals surface area contributed by atoms with Crippen molar-refractivity contribution in [2.75, 3.05) is 20.0 Å². The van der Waals surface area contributed by atoms with Gasteiger partial charge >= 0.3 is 11.9 Å². The standard InChI is InChI=1S/C21H30O5S/c1-13(2)16-8-6-14(3)10-19(16)26-20(22)12-25-21(23)17-9-7-15(27-5)11-18(17)24-4/h7,9,11,13-14,16,19H,6,8,10,12H2,1-5H3/t14-,16-,19+/m0/s1. The summed E-state index contributed by atoms with van der Waals surface area (Å²) in [4.78, 5) is 25.6. The van der Waals surface area contributed by atoms with Crippen LogP contribution in [0.25, 0.3) is 0 Å². The van der Waals surface area contributed by atoms with Crippen LogP contribution >= 0.6 is 11.8 Å². The van der Waals surface area contributed by atoms with E-state index in [-0.39, 0.29) is 12.7 Å². The van der Waals surface area contributed by atoms with Crippen LogP contribution in [0.15, 0.2) is 23.1 Å². The van der Waals surface area contributed by atoms with Gasteiger partial charge in [0.2, 0.25) is 0 Å². The summed E-state index contributed by atoms with van der Waals surface area (Å²) in [7, 11) is 1.50. The Morgan fingerprint density at radius 2 is 2.00 bits per heavy atom. The van der Waals surface area contributed by atoms with Gasteiger partial charge in [0.05, 0.1) is 7.11 Å². The maximum atomic E-state index is 12.3. The number of methoxy groups -OCH3 is 1. The lowest BCUT2D eigenvalue weighted by molar-refractivity contribution is -0.159. The molecule has 1 aliphatic carbocycles. The smallest absolute Gasteiger partial charge is 0.344 e. The van der Waals surface area contributed by atoms with Crippen LogP contribution in [0.2, 0.25) is 0 Å². The highest BCUT2D eigenvalue weighted by atomic mass is 32.2. The van der Waals surface area contributed by atoms with E-state index in [1.54, 1.807) is 23.9 Å². The third kappa shape index (κ3) is 5.89. The molecule has 1 aromatic carbocycles. The zero-order valence-electron chi connectivity index (χ0n) is 16.8. The third-order valence-corrected chi connectivity index (χ3v) is 5.92. The van der Waals surface area contributed by atoms with Crippen LogP contribution in [0.4, 0.5) is 0 Å². The topological polar surface area (TPSA) is 61.8 Å². The molecule has 6 heteroatoms. The van der Waals surface area contributed by atoms with Crippen LogP contribution in [0.5, 0.6) is 5.75 Å². The summed E-state index contributed by atoms with van der Waals surface area (Å²) in [6.07, 6.45) is 4.94. The minimum absolute atomic E-state index is 0.102. The largest absolute Gasteiger partial charge is 0.496 e. The summed E-state index contributed by atoms with van der Waals surface area (Å²) in [5.41, 5.74) is 0.300. The summed E-state index contributed by atoms with van der Waals surface area (Å²) < 4.78 is 16.1. The Kier molecular flexibility index (Phi) is 8.02. The summed E-state index contributed by atoms with van der Waals surface area (Å²) in [6, 6.07) is 5.24. The van der Waals surface area contributed by atoms with E-state index in [1.807, 2.05) is 12.3 Å². The number of hydrogen-bond acceptors (Lipinski definition) is 6. The van der Waals surface area contributed by atoms with E-state index in [2.05, 4.69) is 20.8 Å². The number of esters is 2. The second-order valence-electron chi connectivity index (χ2n) is 7.50. The molecule has 0 saturated heterocycles. The lowest BCUT2D eigenvalue weighted by atomic mass is 9.75. The minimum atomic E-state index is -0.589. The van der Waals surface area contributed by atoms with Crippen LogP contribution < -0.4 is 4.74 Å². The molecule has 2 rings (SSSR count). The molecule has 0 heterocycles. The first-order valence-corrected chi connectivity index (χ1v) is 10.7. The highest BCUT2D eigenvalue weighted by Crippen LogP contribution is 2.35. The van der Waals surface area contributed by atoms with Crippen molar-refractivity contribution in [1.82, 2.24) is 0 Å². The Balaban J connectivity index is 1.93. The van der Waals surface area contributed by atoms with Gasteiger partial charge in [-0.25, -0.2) is 9.59 Å². The quantitative estimate of drug-likeness (QED) is 0.498. The highest BCUT2D eigenvalue weighted by Gasteiger charge is 2.33. The maximum absolute atomic E-state index is 12.3. The zero-order chi connectivity index (χ0) is 20.0. The minimum Gasteiger partial charge on any atom is -0.496 e. The van der Waals surface area contributed by atoms with Gasteiger partial charge in [-0.2, -0.15) is 0 Å². The van der Waals surface area contributed by atoms with Gasteiger partial charge < -0.3 is 14.2 Å². The molecule has 0 spiro atoms. The molecule has 0 radical (unpaired) electrons. The fourth-order valence-electron chi connectivity index (χ4n) is 3.62. The van der Waals surface area contributed by atoms with Gasteiger partial charge in [0.25, 0.3) is 0 Å². The van der Waals surface area contributed by atoms with E-state index in [4.69, 9.17) is 14.2 Å². The average Bonchev–Trinajstić information content (AvgIpc) is 2.65. The van der Waals surface area contributed by atoms with Gasteiger partial charge in [-0.05, 0) is 55.1 Å². The lowest BCUT2D eigenvalue weighted by Crippen LogP contribution is -2.36. The van der Waals surface area contributed by atoms with Crippen LogP contribution in [0.3, 0.4) is 0 Å². The van der Waals surface area contributed by atoms with Crippen LogP contribution in [-0.4, -0.2) is 38.0 Å². The van der Waals surface area contributed by atoms with E-state index >= 15 is 0 Å². The maximum Gasteiger partial charge on any atom is 0.344 e. The van der Waals surface area contributed by atoms with Crippen LogP contribution in [0.1, 0.15) is 50.4 Å². The third-order valence-electron chi connectivity index (χ3n) is 5.19. The summed E-state index contributed by atoms with van der Waals surface area (Å²) in [5.74, 6) is 0.708. The number of ether oxygens (including phenoxy) is 3. The first-order chi connectivity index (χ1) is 12.8. The molecule has 0 unspecified atom stereocenters. The lowest BCUT2D eigenvalue weighted by Gasteiger charge is -2.36. The van der Waals surface area contributed by atoms with E-state index in [0.717, 1.165) is 24.2 Å². The molecule has 0 bridgehead atoms. The second kappa shape index (κ2) is 10.0. The second-order valence-corrected chi connectivity index (χ2v) is 8.38. The Labute approximate surface area is 166 Å². The molecule has 1 aliphatic rings. The molecule has 0 aromatic heterocycles. The number of carbonyl (C=O) groups excluding carboxylic acids is 2. The number of carbonyl (C=O) groups is 2. The van der Waals surface area contributed by atoms with Gasteiger partial charge in [-0.15, -0.1) is 11.8 Å². The van der Waals surface area contributed by atoms with E-state index < -0.39 is 11.9 Å². The van der Waals surface area contributed by atoms with Gasteiger partial charge in [-0.3, -0.25) is 0 Å². The van der Waals surface area contributed by atoms with Crippen LogP contribution in [-0.2, 0) is 14.3 Å². The van der Waals surface area contributed by atoms with Crippen LogP contribution in [0, 0.1) is 17.8 Å². The fourth-order valence-corrected chi connectivity index (χ4v) is 4.05. The Bertz CT molecular complexity index is 658. The number of hydrogen-bond donors (Lipinski definition) is 0. The normalized spacial score (nSPS) is 22.4. The zero-order valence-corrected chi connectivity index (χ0v) is 17.6. The molecule has 27 heavy (non-hydrogen) atoms. The van der Waals surface area contributed by atoms with Crippen molar-refractivity contribution in [3.63, 3.8) is 0 Å². The predicted octanol–water partition coefficient (Wildman–Crippen LogP) is 4.58. The molecule has 1 aromatic rings. The molecule has 150 valence electrons. The number of benzene rings is 1. The van der Waals surface area contributed by atoms with Crippen molar-refractivity contribution >= 4 is 23.7 Å². The van der Waals surface area contributed by atoms with Gasteiger partial charge in [-0.1, -0.05) is 27.2 Å². The number of rotatable bonds is 7. The van der Waals surface area contributed by atoms with Crippen molar-refractivity contribution in [1.29, 1.82) is 0 Å². The monoisotopic (exact) mass is 394 g/mol. The summed E-state index contributed by atoms with van der Waals surface area (Å²) in [5, 5.41) is 0. The van der Waals surface area contributed by atoms with Crippen molar-refractivity contribution in [3.8, 4) is 5.75 Å². The first-order valence-electron chi connectivity index (χ1n) is 9.44. The molecule has 0 amide bonds. The highest BCUT2D eigenvalue weighted by molar-refractivity contribution is 7.98. The fraction of sp³-hybridized carbons (Fsp3) is 0.619. The van der Waals surface area contributed by atoms with Gasteiger partial charge in [0.1, 0.15) is 17.4 Å². The van der Waals surface area contributed by atoms with E-state index in [0.29, 0.717) is 29.1 Å². The average molecular weight is 395 g/mol. The van der Waals surface area contributed by atoms with Gasteiger partial charge in [0.15, 0.2) is 6.61 Å². The molecule has 1 fully saturated rings. The molecule has 5 nitrogen and oxygen atoms in total. The first kappa shape index (κ1) is 21.6. The van der Waals surface area contributed by atoms with Crippen molar-refractivity contribution in [3.05, 3.63) is 23.8 Å². The summed E-state index contributed by atoms with van der Waals surface area (Å²) >= 11 is 1.55. The Hall–Kier alpha value is -1.69. The molecule has 1 saturated carbocycles. The van der Waals surface area contributed by atoms with Gasteiger partial charge in [0, 0.05) is 4.90 Å². The Morgan fingerprint density at radius 3 is 2.63 bits per heavy atom. The van der Waals surface area contributed by atoms with E-state index in [9.17, 15) is 9.59 Å². The predicted molar refractivity (Wildman–Crippen MR) is 106 cm³/mol. The van der Waals surface area contributed by atoms with Crippen molar-refractivity contribution in [2.45, 2.75) is 51.0 Å². The molecular weight excluding hydrogens is 364 g/mol. The molecule has 3 atom stereocenters. The number of thioether (sulfide) groups is 1. The van der Waals surface area contributed by atoms with Crippen molar-refractivity contribution < 1.29 is 23.8 Å².